The maximum absolute atomic E-state index is 12.6. The van der Waals surface area contributed by atoms with Crippen LogP contribution in [0.3, 0.4) is 0 Å². The lowest BCUT2D eigenvalue weighted by atomic mass is 10.3. The van der Waals surface area contributed by atoms with Crippen molar-refractivity contribution in [3.05, 3.63) is 52.2 Å². The van der Waals surface area contributed by atoms with Crippen LogP contribution in [0.1, 0.15) is 16.2 Å². The normalized spacial score (nSPS) is 10.6. The van der Waals surface area contributed by atoms with Gasteiger partial charge in [-0.05, 0) is 24.3 Å². The van der Waals surface area contributed by atoms with Crippen LogP contribution in [0.5, 0.6) is 0 Å². The van der Waals surface area contributed by atoms with Crippen molar-refractivity contribution >= 4 is 29.1 Å². The third-order valence-corrected chi connectivity index (χ3v) is 3.31. The fourth-order valence-corrected chi connectivity index (χ4v) is 2.10. The van der Waals surface area contributed by atoms with Gasteiger partial charge in [-0.15, -0.1) is 0 Å². The van der Waals surface area contributed by atoms with Gasteiger partial charge in [0.25, 0.3) is 5.91 Å². The molecule has 0 aliphatic heterocycles. The number of halogens is 2. The topological polar surface area (TPSA) is 55.6 Å². The number of carbonyl (C=O) groups is 1. The van der Waals surface area contributed by atoms with Crippen LogP contribution in [-0.2, 0) is 11.3 Å². The van der Waals surface area contributed by atoms with Gasteiger partial charge in [-0.25, -0.2) is 4.98 Å². The number of hydrogen-bond donors (Lipinski definition) is 0. The molecule has 1 amide bonds. The Hall–Kier alpha value is -1.56. The van der Waals surface area contributed by atoms with E-state index in [1.54, 1.807) is 36.5 Å². The number of furan rings is 1. The van der Waals surface area contributed by atoms with Crippen LogP contribution in [0.2, 0.25) is 10.2 Å². The highest BCUT2D eigenvalue weighted by Crippen LogP contribution is 2.19. The number of pyridine rings is 1. The minimum absolute atomic E-state index is 0.117. The lowest BCUT2D eigenvalue weighted by Gasteiger charge is -2.21. The van der Waals surface area contributed by atoms with Crippen molar-refractivity contribution in [2.45, 2.75) is 6.54 Å². The minimum atomic E-state index is -0.323. The first-order valence-electron chi connectivity index (χ1n) is 6.24. The van der Waals surface area contributed by atoms with Gasteiger partial charge in [0.05, 0.1) is 24.4 Å². The second kappa shape index (κ2) is 7.45. The molecule has 0 aliphatic rings. The SMILES string of the molecule is COCCN(Cc1ccco1)C(=O)c1nc(Cl)ccc1Cl. The van der Waals surface area contributed by atoms with Gasteiger partial charge in [0.2, 0.25) is 0 Å². The molecule has 21 heavy (non-hydrogen) atoms. The number of rotatable bonds is 6. The highest BCUT2D eigenvalue weighted by atomic mass is 35.5. The molecule has 2 aromatic heterocycles. The molecule has 0 bridgehead atoms. The van der Waals surface area contributed by atoms with E-state index in [0.29, 0.717) is 25.5 Å². The highest BCUT2D eigenvalue weighted by Gasteiger charge is 2.21. The molecule has 0 unspecified atom stereocenters. The number of nitrogens with zero attached hydrogens (tertiary/aromatic N) is 2. The third-order valence-electron chi connectivity index (χ3n) is 2.79. The number of hydrogen-bond acceptors (Lipinski definition) is 4. The zero-order valence-corrected chi connectivity index (χ0v) is 12.9. The zero-order chi connectivity index (χ0) is 15.2. The van der Waals surface area contributed by atoms with E-state index in [9.17, 15) is 4.79 Å². The molecule has 0 saturated carbocycles. The van der Waals surface area contributed by atoms with E-state index in [4.69, 9.17) is 32.4 Å². The molecule has 0 atom stereocenters. The molecular weight excluding hydrogens is 315 g/mol. The van der Waals surface area contributed by atoms with Gasteiger partial charge in [0.15, 0.2) is 0 Å². The molecule has 5 nitrogen and oxygen atoms in total. The molecule has 0 aromatic carbocycles. The molecule has 0 aliphatic carbocycles. The summed E-state index contributed by atoms with van der Waals surface area (Å²) in [5.74, 6) is 0.341. The number of carbonyl (C=O) groups excluding carboxylic acids is 1. The molecule has 0 radical (unpaired) electrons. The maximum Gasteiger partial charge on any atom is 0.274 e. The lowest BCUT2D eigenvalue weighted by Crippen LogP contribution is -2.34. The summed E-state index contributed by atoms with van der Waals surface area (Å²) in [5.41, 5.74) is 0.117. The van der Waals surface area contributed by atoms with E-state index in [1.807, 2.05) is 0 Å². The summed E-state index contributed by atoms with van der Waals surface area (Å²) < 4.78 is 10.3. The Morgan fingerprint density at radius 2 is 2.19 bits per heavy atom. The summed E-state index contributed by atoms with van der Waals surface area (Å²) in [6.07, 6.45) is 1.55. The first-order chi connectivity index (χ1) is 10.1. The van der Waals surface area contributed by atoms with Crippen LogP contribution in [0.25, 0.3) is 0 Å². The van der Waals surface area contributed by atoms with E-state index in [1.165, 1.54) is 6.07 Å². The molecule has 0 N–H and O–H groups in total. The van der Waals surface area contributed by atoms with Gasteiger partial charge in [0.1, 0.15) is 16.6 Å². The molecule has 0 fully saturated rings. The Labute approximate surface area is 132 Å². The third kappa shape index (κ3) is 4.20. The molecule has 0 spiro atoms. The number of aromatic nitrogens is 1. The van der Waals surface area contributed by atoms with E-state index >= 15 is 0 Å². The van der Waals surface area contributed by atoms with Crippen molar-refractivity contribution in [2.24, 2.45) is 0 Å². The summed E-state index contributed by atoms with van der Waals surface area (Å²) in [4.78, 5) is 18.1. The largest absolute Gasteiger partial charge is 0.467 e. The van der Waals surface area contributed by atoms with Gasteiger partial charge in [-0.1, -0.05) is 23.2 Å². The van der Waals surface area contributed by atoms with Gasteiger partial charge in [0, 0.05) is 13.7 Å². The van der Waals surface area contributed by atoms with Gasteiger partial charge >= 0.3 is 0 Å². The maximum atomic E-state index is 12.6. The fourth-order valence-electron chi connectivity index (χ4n) is 1.76. The number of ether oxygens (including phenoxy) is 1. The Bertz CT molecular complexity index is 602. The van der Waals surface area contributed by atoms with Crippen molar-refractivity contribution in [1.29, 1.82) is 0 Å². The fraction of sp³-hybridized carbons (Fsp3) is 0.286. The second-order valence-electron chi connectivity index (χ2n) is 4.26. The quantitative estimate of drug-likeness (QED) is 0.763. The van der Waals surface area contributed by atoms with Gasteiger partial charge in [-0.3, -0.25) is 4.79 Å². The van der Waals surface area contributed by atoms with Crippen molar-refractivity contribution < 1.29 is 13.9 Å². The van der Waals surface area contributed by atoms with Crippen molar-refractivity contribution in [1.82, 2.24) is 9.88 Å². The molecular formula is C14H14Cl2N2O3. The molecule has 0 saturated heterocycles. The van der Waals surface area contributed by atoms with E-state index < -0.39 is 0 Å². The molecule has 7 heteroatoms. The Kier molecular flexibility index (Phi) is 5.61. The van der Waals surface area contributed by atoms with E-state index in [0.717, 1.165) is 0 Å². The van der Waals surface area contributed by atoms with Crippen LogP contribution in [0.15, 0.2) is 34.9 Å². The Balaban J connectivity index is 2.22. The Morgan fingerprint density at radius 1 is 1.38 bits per heavy atom. The average Bonchev–Trinajstić information content (AvgIpc) is 2.98. The van der Waals surface area contributed by atoms with Gasteiger partial charge < -0.3 is 14.1 Å². The average molecular weight is 329 g/mol. The number of methoxy groups -OCH3 is 1. The molecule has 2 heterocycles. The van der Waals surface area contributed by atoms with Crippen LogP contribution in [0.4, 0.5) is 0 Å². The van der Waals surface area contributed by atoms with E-state index in [-0.39, 0.29) is 21.8 Å². The predicted molar refractivity (Wildman–Crippen MR) is 79.6 cm³/mol. The van der Waals surface area contributed by atoms with Crippen molar-refractivity contribution in [2.75, 3.05) is 20.3 Å². The van der Waals surface area contributed by atoms with Crippen LogP contribution in [-0.4, -0.2) is 36.1 Å². The lowest BCUT2D eigenvalue weighted by molar-refractivity contribution is 0.0661. The molecule has 2 aromatic rings. The van der Waals surface area contributed by atoms with Crippen LogP contribution >= 0.6 is 23.2 Å². The summed E-state index contributed by atoms with van der Waals surface area (Å²) in [6.45, 7) is 1.09. The minimum Gasteiger partial charge on any atom is -0.467 e. The van der Waals surface area contributed by atoms with Crippen LogP contribution in [0, 0.1) is 0 Å². The summed E-state index contributed by atoms with van der Waals surface area (Å²) in [7, 11) is 1.57. The predicted octanol–water partition coefficient (Wildman–Crippen LogP) is 3.27. The standard InChI is InChI=1S/C14H14Cl2N2O3/c1-20-8-6-18(9-10-3-2-7-21-10)14(19)13-11(15)4-5-12(16)17-13/h2-5,7H,6,8-9H2,1H3. The summed E-state index contributed by atoms with van der Waals surface area (Å²) >= 11 is 11.9. The Morgan fingerprint density at radius 3 is 2.86 bits per heavy atom. The monoisotopic (exact) mass is 328 g/mol. The van der Waals surface area contributed by atoms with Crippen molar-refractivity contribution in [3.8, 4) is 0 Å². The van der Waals surface area contributed by atoms with Crippen molar-refractivity contribution in [3.63, 3.8) is 0 Å². The first kappa shape index (κ1) is 15.8. The van der Waals surface area contributed by atoms with Crippen LogP contribution < -0.4 is 0 Å². The highest BCUT2D eigenvalue weighted by molar-refractivity contribution is 6.34. The zero-order valence-electron chi connectivity index (χ0n) is 11.4. The second-order valence-corrected chi connectivity index (χ2v) is 5.06. The van der Waals surface area contributed by atoms with E-state index in [2.05, 4.69) is 4.98 Å². The van der Waals surface area contributed by atoms with Gasteiger partial charge in [-0.2, -0.15) is 0 Å². The smallest absolute Gasteiger partial charge is 0.274 e. The first-order valence-corrected chi connectivity index (χ1v) is 7.00. The number of amides is 1. The summed E-state index contributed by atoms with van der Waals surface area (Å²) in [5, 5.41) is 0.471. The molecule has 112 valence electrons. The molecule has 2 rings (SSSR count). The summed E-state index contributed by atoms with van der Waals surface area (Å²) in [6, 6.07) is 6.64.